The highest BCUT2D eigenvalue weighted by molar-refractivity contribution is 7.47. The number of carboxylic acids is 1. The number of hydrogen-bond acceptors (Lipinski definition) is 8. The lowest BCUT2D eigenvalue weighted by atomic mass is 10.0. The molecule has 0 aliphatic heterocycles. The highest BCUT2D eigenvalue weighted by Gasteiger charge is 2.28. The molecule has 3 unspecified atom stereocenters. The Balaban J connectivity index is 3.88. The van der Waals surface area contributed by atoms with E-state index in [0.717, 1.165) is 83.5 Å². The molecule has 0 aliphatic rings. The molecule has 3 atom stereocenters. The maximum atomic E-state index is 12.3. The Bertz CT molecular complexity index is 1170. The van der Waals surface area contributed by atoms with E-state index in [4.69, 9.17) is 13.8 Å². The Morgan fingerprint density at radius 2 is 0.966 bits per heavy atom. The van der Waals surface area contributed by atoms with Gasteiger partial charge in [-0.15, -0.1) is 0 Å². The molecule has 0 aromatic rings. The summed E-state index contributed by atoms with van der Waals surface area (Å²) in [7, 11) is -4.76. The van der Waals surface area contributed by atoms with Crippen LogP contribution in [-0.2, 0) is 32.7 Å². The van der Waals surface area contributed by atoms with Crippen molar-refractivity contribution in [3.63, 3.8) is 0 Å². The minimum Gasteiger partial charge on any atom is -0.480 e. The quantitative estimate of drug-likeness (QED) is 0.0201. The number of carboxylic acid groups (broad SMARTS) is 1. The number of phosphoric ester groups is 1. The van der Waals surface area contributed by atoms with Crippen LogP contribution in [0.4, 0.5) is 0 Å². The zero-order valence-corrected chi connectivity index (χ0v) is 37.2. The van der Waals surface area contributed by atoms with Crippen molar-refractivity contribution < 1.29 is 47.8 Å². The van der Waals surface area contributed by atoms with E-state index in [1.165, 1.54) is 70.6 Å². The third kappa shape index (κ3) is 40.2. The summed E-state index contributed by atoms with van der Waals surface area (Å²) in [5.41, 5.74) is 0. The first kappa shape index (κ1) is 55.4. The van der Waals surface area contributed by atoms with Gasteiger partial charge < -0.3 is 25.2 Å². The Kier molecular flexibility index (Phi) is 39.4. The Labute approximate surface area is 352 Å². The number of ether oxygens (including phenoxy) is 1. The van der Waals surface area contributed by atoms with Gasteiger partial charge in [0, 0.05) is 12.8 Å². The molecule has 0 rings (SSSR count). The van der Waals surface area contributed by atoms with E-state index in [9.17, 15) is 34.1 Å². The van der Waals surface area contributed by atoms with Crippen LogP contribution in [0, 0.1) is 0 Å². The number of aliphatic hydroxyl groups is 1. The number of phosphoric acid groups is 1. The Morgan fingerprint density at radius 3 is 1.48 bits per heavy atom. The van der Waals surface area contributed by atoms with Crippen molar-refractivity contribution in [1.29, 1.82) is 0 Å². The van der Waals surface area contributed by atoms with Crippen LogP contribution >= 0.6 is 7.82 Å². The molecule has 0 radical (unpaired) electrons. The summed E-state index contributed by atoms with van der Waals surface area (Å²) in [5.74, 6) is -2.39. The van der Waals surface area contributed by atoms with E-state index in [0.29, 0.717) is 12.8 Å². The van der Waals surface area contributed by atoms with Crippen LogP contribution in [0.15, 0.2) is 48.6 Å². The molecule has 0 spiro atoms. The average Bonchev–Trinajstić information content (AvgIpc) is 3.20. The van der Waals surface area contributed by atoms with Crippen molar-refractivity contribution in [3.05, 3.63) is 48.6 Å². The van der Waals surface area contributed by atoms with E-state index in [1.807, 2.05) is 0 Å². The van der Waals surface area contributed by atoms with E-state index >= 15 is 0 Å². The molecule has 0 heterocycles. The van der Waals surface area contributed by atoms with Gasteiger partial charge in [-0.2, -0.15) is 0 Å². The van der Waals surface area contributed by atoms with E-state index in [2.05, 4.69) is 67.8 Å². The lowest BCUT2D eigenvalue weighted by Gasteiger charge is -2.18. The third-order valence-corrected chi connectivity index (χ3v) is 10.5. The van der Waals surface area contributed by atoms with Gasteiger partial charge in [-0.05, 0) is 70.6 Å². The molecule has 0 saturated heterocycles. The SMILES string of the molecule is CCCC/C=C\CCCCCCCC(=O)OCC(O)COP(=O)(O)OCC(NC(=O)CCCCCCCCCCCC/C=C\C/C=C\C/C=C\CCCCC)C(=O)O. The number of nitrogens with one attached hydrogen (secondary N) is 1. The second-order valence-electron chi connectivity index (χ2n) is 15.2. The molecule has 1 amide bonds. The van der Waals surface area contributed by atoms with Gasteiger partial charge in [0.15, 0.2) is 6.04 Å². The molecule has 0 bridgehead atoms. The van der Waals surface area contributed by atoms with E-state index in [1.54, 1.807) is 0 Å². The predicted molar refractivity (Wildman–Crippen MR) is 235 cm³/mol. The number of esters is 1. The zero-order valence-electron chi connectivity index (χ0n) is 36.3. The lowest BCUT2D eigenvalue weighted by molar-refractivity contribution is -0.147. The monoisotopic (exact) mass is 840 g/mol. The van der Waals surface area contributed by atoms with Crippen LogP contribution in [0.3, 0.4) is 0 Å². The normalized spacial score (nSPS) is 14.1. The average molecular weight is 840 g/mol. The highest BCUT2D eigenvalue weighted by atomic mass is 31.2. The maximum absolute atomic E-state index is 12.3. The third-order valence-electron chi connectivity index (χ3n) is 9.59. The maximum Gasteiger partial charge on any atom is 0.472 e. The first-order valence-electron chi connectivity index (χ1n) is 22.7. The molecule has 0 fully saturated rings. The standard InChI is InChI=1S/C46H82NO10P/c1-3-5-7-9-11-13-15-16-17-18-19-20-21-22-23-24-25-26-28-29-31-33-35-37-44(49)47-43(46(51)52)41-57-58(53,54)56-40-42(48)39-55-45(50)38-36-34-32-30-27-14-12-10-8-6-4-2/h10-13,16-17,19-20,42-43,48H,3-9,14-15,18,21-41H2,1-2H3,(H,47,49)(H,51,52)(H,53,54)/b12-10-,13-11-,17-16-,20-19-. The number of amides is 1. The highest BCUT2D eigenvalue weighted by Crippen LogP contribution is 2.43. The summed E-state index contributed by atoms with van der Waals surface area (Å²) in [6.45, 7) is 2.51. The van der Waals surface area contributed by atoms with Gasteiger partial charge in [-0.1, -0.05) is 159 Å². The van der Waals surface area contributed by atoms with Crippen LogP contribution in [0.2, 0.25) is 0 Å². The number of allylic oxidation sites excluding steroid dienone is 8. The fourth-order valence-corrected chi connectivity index (χ4v) is 6.78. The second-order valence-corrected chi connectivity index (χ2v) is 16.7. The summed E-state index contributed by atoms with van der Waals surface area (Å²) < 4.78 is 26.8. The van der Waals surface area contributed by atoms with Crippen molar-refractivity contribution in [2.24, 2.45) is 0 Å². The first-order chi connectivity index (χ1) is 28.1. The molecule has 4 N–H and O–H groups in total. The molecule has 0 aliphatic carbocycles. The number of carbonyl (C=O) groups excluding carboxylic acids is 2. The number of aliphatic carboxylic acids is 1. The summed E-state index contributed by atoms with van der Waals surface area (Å²) in [5, 5.41) is 21.8. The molecular formula is C46H82NO10P. The first-order valence-corrected chi connectivity index (χ1v) is 24.2. The van der Waals surface area contributed by atoms with E-state index in [-0.39, 0.29) is 12.8 Å². The molecule has 336 valence electrons. The number of rotatable bonds is 42. The minimum absolute atomic E-state index is 0.139. The minimum atomic E-state index is -4.76. The second kappa shape index (κ2) is 41.2. The van der Waals surface area contributed by atoms with Crippen LogP contribution in [-0.4, -0.2) is 64.9 Å². The lowest BCUT2D eigenvalue weighted by Crippen LogP contribution is -2.43. The van der Waals surface area contributed by atoms with Crippen molar-refractivity contribution >= 4 is 25.7 Å². The van der Waals surface area contributed by atoms with Gasteiger partial charge in [-0.3, -0.25) is 18.6 Å². The summed E-state index contributed by atoms with van der Waals surface area (Å²) in [4.78, 5) is 45.9. The molecule has 0 aromatic heterocycles. The smallest absolute Gasteiger partial charge is 0.472 e. The Hall–Kier alpha value is -2.56. The van der Waals surface area contributed by atoms with Gasteiger partial charge in [0.25, 0.3) is 0 Å². The largest absolute Gasteiger partial charge is 0.480 e. The van der Waals surface area contributed by atoms with Crippen LogP contribution in [0.1, 0.15) is 194 Å². The number of carbonyl (C=O) groups is 3. The van der Waals surface area contributed by atoms with Crippen molar-refractivity contribution in [2.45, 2.75) is 206 Å². The van der Waals surface area contributed by atoms with Crippen LogP contribution in [0.5, 0.6) is 0 Å². The van der Waals surface area contributed by atoms with Crippen LogP contribution in [0.25, 0.3) is 0 Å². The van der Waals surface area contributed by atoms with Gasteiger partial charge >= 0.3 is 19.8 Å². The summed E-state index contributed by atoms with van der Waals surface area (Å²) in [6.07, 6.45) is 45.7. The number of hydrogen-bond donors (Lipinski definition) is 4. The van der Waals surface area contributed by atoms with E-state index < -0.39 is 57.6 Å². The van der Waals surface area contributed by atoms with Gasteiger partial charge in [0.1, 0.15) is 12.7 Å². The molecule has 0 aromatic carbocycles. The summed E-state index contributed by atoms with van der Waals surface area (Å²) in [6, 6.07) is -1.55. The fourth-order valence-electron chi connectivity index (χ4n) is 6.01. The molecule has 12 heteroatoms. The predicted octanol–water partition coefficient (Wildman–Crippen LogP) is 11.8. The fraction of sp³-hybridized carbons (Fsp3) is 0.761. The number of unbranched alkanes of at least 4 members (excludes halogenated alkanes) is 20. The van der Waals surface area contributed by atoms with Crippen molar-refractivity contribution in [1.82, 2.24) is 5.32 Å². The van der Waals surface area contributed by atoms with Gasteiger partial charge in [0.05, 0.1) is 13.2 Å². The van der Waals surface area contributed by atoms with Gasteiger partial charge in [-0.25, -0.2) is 9.36 Å². The van der Waals surface area contributed by atoms with Gasteiger partial charge in [0.2, 0.25) is 5.91 Å². The van der Waals surface area contributed by atoms with Crippen molar-refractivity contribution in [2.75, 3.05) is 19.8 Å². The Morgan fingerprint density at radius 1 is 0.552 bits per heavy atom. The van der Waals surface area contributed by atoms with Crippen LogP contribution < -0.4 is 5.32 Å². The summed E-state index contributed by atoms with van der Waals surface area (Å²) >= 11 is 0. The molecule has 11 nitrogen and oxygen atoms in total. The van der Waals surface area contributed by atoms with Crippen molar-refractivity contribution in [3.8, 4) is 0 Å². The topological polar surface area (TPSA) is 169 Å². The molecule has 0 saturated carbocycles. The number of aliphatic hydroxyl groups excluding tert-OH is 1. The zero-order chi connectivity index (χ0) is 42.8. The molecule has 58 heavy (non-hydrogen) atoms. The molecular weight excluding hydrogens is 757 g/mol.